The van der Waals surface area contributed by atoms with E-state index >= 15 is 0 Å². The molecule has 5 nitrogen and oxygen atoms in total. The minimum atomic E-state index is -0.252. The molecule has 1 N–H and O–H groups in total. The minimum Gasteiger partial charge on any atom is -0.368 e. The van der Waals surface area contributed by atoms with Crippen molar-refractivity contribution in [1.29, 1.82) is 0 Å². The number of rotatable bonds is 2. The Morgan fingerprint density at radius 1 is 1.17 bits per heavy atom. The van der Waals surface area contributed by atoms with Gasteiger partial charge in [-0.25, -0.2) is 0 Å². The van der Waals surface area contributed by atoms with Gasteiger partial charge >= 0.3 is 0 Å². The van der Waals surface area contributed by atoms with Gasteiger partial charge in [-0.05, 0) is 43.3 Å². The highest BCUT2D eigenvalue weighted by Crippen LogP contribution is 2.25. The van der Waals surface area contributed by atoms with Gasteiger partial charge < -0.3 is 19.9 Å². The average Bonchev–Trinajstić information content (AvgIpc) is 3.12. The number of carbonyl (C=O) groups excluding carboxylic acids is 1. The lowest BCUT2D eigenvalue weighted by Gasteiger charge is -2.37. The summed E-state index contributed by atoms with van der Waals surface area (Å²) in [6.45, 7) is 3.40. The summed E-state index contributed by atoms with van der Waals surface area (Å²) in [5.74, 6) is 0.107. The monoisotopic (exact) mass is 387 g/mol. The van der Waals surface area contributed by atoms with Crippen LogP contribution in [-0.2, 0) is 9.53 Å². The van der Waals surface area contributed by atoms with Gasteiger partial charge in [0, 0.05) is 38.5 Å². The molecule has 24 heavy (non-hydrogen) atoms. The summed E-state index contributed by atoms with van der Waals surface area (Å²) in [6.07, 6.45) is 1.54. The summed E-state index contributed by atoms with van der Waals surface area (Å²) in [5, 5.41) is 4.78. The quantitative estimate of drug-likeness (QED) is 0.790. The first-order valence-corrected chi connectivity index (χ1v) is 9.12. The number of anilines is 1. The Morgan fingerprint density at radius 3 is 2.50 bits per heavy atom. The van der Waals surface area contributed by atoms with Gasteiger partial charge in [-0.2, -0.15) is 0 Å². The molecule has 0 aliphatic carbocycles. The molecule has 1 amide bonds. The highest BCUT2D eigenvalue weighted by atomic mass is 35.5. The van der Waals surface area contributed by atoms with Crippen LogP contribution in [0.15, 0.2) is 18.2 Å². The van der Waals surface area contributed by atoms with Crippen LogP contribution >= 0.6 is 35.4 Å². The molecular weight excluding hydrogens is 369 g/mol. The van der Waals surface area contributed by atoms with E-state index in [4.69, 9.17) is 40.2 Å². The van der Waals surface area contributed by atoms with E-state index in [0.717, 1.165) is 18.5 Å². The van der Waals surface area contributed by atoms with Crippen molar-refractivity contribution in [3.63, 3.8) is 0 Å². The van der Waals surface area contributed by atoms with Gasteiger partial charge in [-0.15, -0.1) is 0 Å². The van der Waals surface area contributed by atoms with Gasteiger partial charge in [-0.3, -0.25) is 4.79 Å². The number of carbonyl (C=O) groups is 1. The molecule has 0 unspecified atom stereocenters. The summed E-state index contributed by atoms with van der Waals surface area (Å²) in [6, 6.07) is 5.30. The molecule has 130 valence electrons. The number of ether oxygens (including phenoxy) is 1. The Labute approximate surface area is 156 Å². The van der Waals surface area contributed by atoms with Crippen molar-refractivity contribution in [2.45, 2.75) is 18.9 Å². The second-order valence-electron chi connectivity index (χ2n) is 5.87. The Morgan fingerprint density at radius 2 is 1.88 bits per heavy atom. The van der Waals surface area contributed by atoms with Crippen LogP contribution < -0.4 is 5.32 Å². The van der Waals surface area contributed by atoms with E-state index in [1.54, 1.807) is 12.1 Å². The first-order valence-electron chi connectivity index (χ1n) is 7.96. The number of benzene rings is 1. The number of hydrogen-bond acceptors (Lipinski definition) is 3. The predicted octanol–water partition coefficient (Wildman–Crippen LogP) is 3.01. The molecule has 0 aromatic heterocycles. The molecule has 2 fully saturated rings. The normalized spacial score (nSPS) is 21.0. The Hall–Kier alpha value is -1.08. The van der Waals surface area contributed by atoms with Crippen molar-refractivity contribution in [1.82, 2.24) is 9.80 Å². The second kappa shape index (κ2) is 7.87. The lowest BCUT2D eigenvalue weighted by molar-refractivity contribution is -0.142. The van der Waals surface area contributed by atoms with Gasteiger partial charge in [0.15, 0.2) is 5.11 Å². The molecule has 1 atom stereocenters. The minimum absolute atomic E-state index is 0.107. The zero-order valence-corrected chi connectivity index (χ0v) is 15.5. The summed E-state index contributed by atoms with van der Waals surface area (Å²) < 4.78 is 5.48. The van der Waals surface area contributed by atoms with E-state index in [2.05, 4.69) is 10.2 Å². The fourth-order valence-corrected chi connectivity index (χ4v) is 3.48. The summed E-state index contributed by atoms with van der Waals surface area (Å²) in [5.41, 5.74) is 0.798. The molecule has 2 heterocycles. The second-order valence-corrected chi connectivity index (χ2v) is 7.07. The van der Waals surface area contributed by atoms with E-state index in [0.29, 0.717) is 47.9 Å². The fraction of sp³-hybridized carbons (Fsp3) is 0.500. The average molecular weight is 388 g/mol. The topological polar surface area (TPSA) is 44.8 Å². The number of hydrogen-bond donors (Lipinski definition) is 1. The van der Waals surface area contributed by atoms with Gasteiger partial charge in [0.2, 0.25) is 0 Å². The van der Waals surface area contributed by atoms with E-state index in [9.17, 15) is 4.79 Å². The molecule has 1 aromatic rings. The van der Waals surface area contributed by atoms with E-state index in [1.165, 1.54) is 0 Å². The molecule has 2 aliphatic heterocycles. The smallest absolute Gasteiger partial charge is 0.251 e. The van der Waals surface area contributed by atoms with Crippen LogP contribution in [0.5, 0.6) is 0 Å². The maximum Gasteiger partial charge on any atom is 0.251 e. The van der Waals surface area contributed by atoms with E-state index < -0.39 is 0 Å². The van der Waals surface area contributed by atoms with Crippen LogP contribution in [0.4, 0.5) is 5.69 Å². The van der Waals surface area contributed by atoms with Crippen molar-refractivity contribution in [2.75, 3.05) is 38.1 Å². The van der Waals surface area contributed by atoms with Crippen LogP contribution in [0.25, 0.3) is 0 Å². The third kappa shape index (κ3) is 4.11. The number of piperazine rings is 1. The fourth-order valence-electron chi connectivity index (χ4n) is 2.88. The zero-order chi connectivity index (χ0) is 17.1. The van der Waals surface area contributed by atoms with Crippen LogP contribution in [0.2, 0.25) is 10.0 Å². The van der Waals surface area contributed by atoms with E-state index in [-0.39, 0.29) is 12.0 Å². The molecule has 2 saturated heterocycles. The van der Waals surface area contributed by atoms with Gasteiger partial charge in [-0.1, -0.05) is 23.2 Å². The number of amides is 1. The Bertz CT molecular complexity index is 630. The van der Waals surface area contributed by atoms with Gasteiger partial charge in [0.25, 0.3) is 5.91 Å². The van der Waals surface area contributed by atoms with Crippen molar-refractivity contribution >= 4 is 52.1 Å². The molecule has 3 rings (SSSR count). The first-order chi connectivity index (χ1) is 11.5. The summed E-state index contributed by atoms with van der Waals surface area (Å²) in [4.78, 5) is 16.3. The number of halogens is 2. The third-order valence-electron chi connectivity index (χ3n) is 4.25. The van der Waals surface area contributed by atoms with Crippen LogP contribution in [0, 0.1) is 0 Å². The van der Waals surface area contributed by atoms with Crippen LogP contribution in [0.3, 0.4) is 0 Å². The standard InChI is InChI=1S/C16H19Cl2N3O2S/c17-12-4-3-11(10-13(12)18)19-16(24)21-7-5-20(6-8-21)15(22)14-2-1-9-23-14/h3-4,10,14H,1-2,5-9H2,(H,19,24)/t14-/m1/s1. The van der Waals surface area contributed by atoms with Crippen molar-refractivity contribution in [3.8, 4) is 0 Å². The summed E-state index contributed by atoms with van der Waals surface area (Å²) in [7, 11) is 0. The lowest BCUT2D eigenvalue weighted by Crippen LogP contribution is -2.53. The van der Waals surface area contributed by atoms with Crippen LogP contribution in [-0.4, -0.2) is 59.7 Å². The van der Waals surface area contributed by atoms with Gasteiger partial charge in [0.05, 0.1) is 10.0 Å². The first kappa shape index (κ1) is 17.7. The molecule has 0 radical (unpaired) electrons. The highest BCUT2D eigenvalue weighted by Gasteiger charge is 2.30. The molecule has 2 aliphatic rings. The SMILES string of the molecule is O=C([C@H]1CCCO1)N1CCN(C(=S)Nc2ccc(Cl)c(Cl)c2)CC1. The highest BCUT2D eigenvalue weighted by molar-refractivity contribution is 7.80. The van der Waals surface area contributed by atoms with Crippen molar-refractivity contribution in [2.24, 2.45) is 0 Å². The van der Waals surface area contributed by atoms with Crippen LogP contribution in [0.1, 0.15) is 12.8 Å². The predicted molar refractivity (Wildman–Crippen MR) is 99.8 cm³/mol. The Balaban J connectivity index is 1.51. The lowest BCUT2D eigenvalue weighted by atomic mass is 10.2. The zero-order valence-electron chi connectivity index (χ0n) is 13.1. The third-order valence-corrected chi connectivity index (χ3v) is 5.35. The molecule has 0 spiro atoms. The summed E-state index contributed by atoms with van der Waals surface area (Å²) >= 11 is 17.4. The van der Waals surface area contributed by atoms with Crippen molar-refractivity contribution in [3.05, 3.63) is 28.2 Å². The maximum absolute atomic E-state index is 12.3. The van der Waals surface area contributed by atoms with Gasteiger partial charge in [0.1, 0.15) is 6.10 Å². The van der Waals surface area contributed by atoms with Crippen molar-refractivity contribution < 1.29 is 9.53 Å². The Kier molecular flexibility index (Phi) is 5.81. The molecule has 8 heteroatoms. The molecule has 0 saturated carbocycles. The molecule has 0 bridgehead atoms. The number of nitrogens with one attached hydrogen (secondary N) is 1. The molecule has 1 aromatic carbocycles. The maximum atomic E-state index is 12.3. The number of nitrogens with zero attached hydrogens (tertiary/aromatic N) is 2. The largest absolute Gasteiger partial charge is 0.368 e. The molecular formula is C16H19Cl2N3O2S. The number of thiocarbonyl (C=S) groups is 1. The van der Waals surface area contributed by atoms with E-state index in [1.807, 2.05) is 11.0 Å².